The van der Waals surface area contributed by atoms with Crippen LogP contribution in [0.2, 0.25) is 0 Å². The fourth-order valence-corrected chi connectivity index (χ4v) is 3.01. The molecule has 2 amide bonds. The molecule has 1 aliphatic heterocycles. The van der Waals surface area contributed by atoms with E-state index in [2.05, 4.69) is 25.5 Å². The third kappa shape index (κ3) is 5.16. The third-order valence-corrected chi connectivity index (χ3v) is 4.28. The Morgan fingerprint density at radius 2 is 2.07 bits per heavy atom. The zero-order chi connectivity index (χ0) is 19.1. The molecular weight excluding hydrogens is 346 g/mol. The van der Waals surface area contributed by atoms with Gasteiger partial charge in [0.1, 0.15) is 5.82 Å². The Kier molecular flexibility index (Phi) is 6.19. The van der Waals surface area contributed by atoms with E-state index < -0.39 is 0 Å². The van der Waals surface area contributed by atoms with Gasteiger partial charge in [0.2, 0.25) is 0 Å². The molecule has 0 radical (unpaired) electrons. The predicted molar refractivity (Wildman–Crippen MR) is 102 cm³/mol. The quantitative estimate of drug-likeness (QED) is 0.786. The Hall–Kier alpha value is -3.16. The van der Waals surface area contributed by atoms with E-state index in [-0.39, 0.29) is 18.0 Å². The second-order valence-corrected chi connectivity index (χ2v) is 6.25. The van der Waals surface area contributed by atoms with Gasteiger partial charge in [-0.2, -0.15) is 0 Å². The number of rotatable bonds is 5. The average molecular weight is 369 g/mol. The molecule has 8 nitrogen and oxygen atoms in total. The number of hydrogen-bond donors (Lipinski definition) is 2. The lowest BCUT2D eigenvalue weighted by Crippen LogP contribution is -2.49. The second-order valence-electron chi connectivity index (χ2n) is 6.25. The minimum absolute atomic E-state index is 0.0274. The van der Waals surface area contributed by atoms with Crippen molar-refractivity contribution in [1.29, 1.82) is 0 Å². The maximum Gasteiger partial charge on any atom is 0.338 e. The first kappa shape index (κ1) is 18.6. The summed E-state index contributed by atoms with van der Waals surface area (Å²) in [6.07, 6.45) is 6.91. The number of nitrogens with one attached hydrogen (secondary N) is 2. The molecule has 0 bridgehead atoms. The van der Waals surface area contributed by atoms with Gasteiger partial charge in [-0.3, -0.25) is 4.98 Å². The second kappa shape index (κ2) is 8.98. The monoisotopic (exact) mass is 369 g/mol. The number of nitrogens with zero attached hydrogens (tertiary/aromatic N) is 3. The van der Waals surface area contributed by atoms with Crippen LogP contribution in [0.4, 0.5) is 16.3 Å². The van der Waals surface area contributed by atoms with E-state index in [1.54, 1.807) is 49.8 Å². The summed E-state index contributed by atoms with van der Waals surface area (Å²) in [5.74, 6) is 0.443. The lowest BCUT2D eigenvalue weighted by atomic mass is 10.1. The van der Waals surface area contributed by atoms with Crippen LogP contribution in [0, 0.1) is 0 Å². The molecule has 1 aromatic carbocycles. The summed E-state index contributed by atoms with van der Waals surface area (Å²) in [7, 11) is 0. The van der Waals surface area contributed by atoms with Crippen molar-refractivity contribution >= 4 is 23.5 Å². The summed E-state index contributed by atoms with van der Waals surface area (Å²) >= 11 is 0. The molecule has 1 aliphatic rings. The summed E-state index contributed by atoms with van der Waals surface area (Å²) in [5, 5.41) is 5.79. The number of urea groups is 1. The average Bonchev–Trinajstić information content (AvgIpc) is 2.69. The predicted octanol–water partition coefficient (Wildman–Crippen LogP) is 2.44. The number of benzene rings is 1. The highest BCUT2D eigenvalue weighted by molar-refractivity contribution is 5.92. The van der Waals surface area contributed by atoms with E-state index >= 15 is 0 Å². The summed E-state index contributed by atoms with van der Waals surface area (Å²) < 4.78 is 4.94. The highest BCUT2D eigenvalue weighted by Gasteiger charge is 2.22. The summed E-state index contributed by atoms with van der Waals surface area (Å²) in [5.41, 5.74) is 1.07. The highest BCUT2D eigenvalue weighted by atomic mass is 16.5. The van der Waals surface area contributed by atoms with Crippen LogP contribution >= 0.6 is 0 Å². The maximum atomic E-state index is 12.3. The van der Waals surface area contributed by atoms with Crippen molar-refractivity contribution in [1.82, 2.24) is 15.3 Å². The topological polar surface area (TPSA) is 96.4 Å². The van der Waals surface area contributed by atoms with Gasteiger partial charge >= 0.3 is 12.0 Å². The standard InChI is InChI=1S/C19H23N5O3/c1-2-27-18(25)14-5-7-15(8-6-14)22-19(26)23-16-4-3-11-24(13-16)17-12-20-9-10-21-17/h5-10,12,16H,2-4,11,13H2,1H3,(H2,22,23,26)/t16-/m0/s1. The fourth-order valence-electron chi connectivity index (χ4n) is 3.01. The van der Waals surface area contributed by atoms with Crippen LogP contribution in [0.5, 0.6) is 0 Å². The molecule has 1 saturated heterocycles. The Morgan fingerprint density at radius 3 is 2.78 bits per heavy atom. The molecule has 2 heterocycles. The van der Waals surface area contributed by atoms with Gasteiger partial charge in [-0.05, 0) is 44.0 Å². The van der Waals surface area contributed by atoms with Crippen LogP contribution < -0.4 is 15.5 Å². The van der Waals surface area contributed by atoms with E-state index in [9.17, 15) is 9.59 Å². The van der Waals surface area contributed by atoms with Gasteiger partial charge in [0.25, 0.3) is 0 Å². The van der Waals surface area contributed by atoms with Crippen LogP contribution in [0.1, 0.15) is 30.1 Å². The zero-order valence-corrected chi connectivity index (χ0v) is 15.2. The summed E-state index contributed by atoms with van der Waals surface area (Å²) in [6, 6.07) is 6.37. The number of esters is 1. The molecule has 142 valence electrons. The molecule has 27 heavy (non-hydrogen) atoms. The number of hydrogen-bond acceptors (Lipinski definition) is 6. The van der Waals surface area contributed by atoms with Crippen molar-refractivity contribution in [3.8, 4) is 0 Å². The molecule has 2 N–H and O–H groups in total. The molecule has 8 heteroatoms. The molecule has 0 aliphatic carbocycles. The third-order valence-electron chi connectivity index (χ3n) is 4.28. The Labute approximate surface area is 158 Å². The van der Waals surface area contributed by atoms with Gasteiger partial charge in [-0.15, -0.1) is 0 Å². The molecule has 1 fully saturated rings. The SMILES string of the molecule is CCOC(=O)c1ccc(NC(=O)N[C@H]2CCCN(c3cnccn3)C2)cc1. The molecule has 0 saturated carbocycles. The fraction of sp³-hybridized carbons (Fsp3) is 0.368. The number of anilines is 2. The summed E-state index contributed by atoms with van der Waals surface area (Å²) in [4.78, 5) is 34.5. The molecule has 0 unspecified atom stereocenters. The smallest absolute Gasteiger partial charge is 0.338 e. The van der Waals surface area contributed by atoms with Crippen LogP contribution in [0.15, 0.2) is 42.9 Å². The van der Waals surface area contributed by atoms with Gasteiger partial charge in [0, 0.05) is 37.2 Å². The van der Waals surface area contributed by atoms with Crippen molar-refractivity contribution in [2.24, 2.45) is 0 Å². The van der Waals surface area contributed by atoms with E-state index in [1.807, 2.05) is 0 Å². The minimum atomic E-state index is -0.375. The molecule has 1 aromatic heterocycles. The molecule has 0 spiro atoms. The van der Waals surface area contributed by atoms with E-state index in [0.29, 0.717) is 24.4 Å². The van der Waals surface area contributed by atoms with Gasteiger partial charge in [0.05, 0.1) is 18.4 Å². The van der Waals surface area contributed by atoms with E-state index in [4.69, 9.17) is 4.74 Å². The van der Waals surface area contributed by atoms with Crippen LogP contribution in [0.3, 0.4) is 0 Å². The number of piperidine rings is 1. The van der Waals surface area contributed by atoms with Crippen molar-refractivity contribution < 1.29 is 14.3 Å². The van der Waals surface area contributed by atoms with Crippen molar-refractivity contribution in [3.05, 3.63) is 48.4 Å². The van der Waals surface area contributed by atoms with Gasteiger partial charge in [-0.25, -0.2) is 14.6 Å². The molecule has 1 atom stereocenters. The van der Waals surface area contributed by atoms with Crippen LogP contribution in [0.25, 0.3) is 0 Å². The zero-order valence-electron chi connectivity index (χ0n) is 15.2. The van der Waals surface area contributed by atoms with Crippen molar-refractivity contribution in [2.45, 2.75) is 25.8 Å². The molecule has 2 aromatic rings. The first-order valence-electron chi connectivity index (χ1n) is 9.01. The molecule has 3 rings (SSSR count). The van der Waals surface area contributed by atoms with Crippen molar-refractivity contribution in [3.63, 3.8) is 0 Å². The van der Waals surface area contributed by atoms with Gasteiger partial charge in [0.15, 0.2) is 0 Å². The van der Waals surface area contributed by atoms with E-state index in [0.717, 1.165) is 25.2 Å². The Balaban J connectivity index is 1.52. The number of aromatic nitrogens is 2. The van der Waals surface area contributed by atoms with Crippen molar-refractivity contribution in [2.75, 3.05) is 29.9 Å². The van der Waals surface area contributed by atoms with E-state index in [1.165, 1.54) is 0 Å². The lowest BCUT2D eigenvalue weighted by Gasteiger charge is -2.33. The molecular formula is C19H23N5O3. The first-order chi connectivity index (χ1) is 13.2. The first-order valence-corrected chi connectivity index (χ1v) is 9.01. The number of ether oxygens (including phenoxy) is 1. The summed E-state index contributed by atoms with van der Waals surface area (Å²) in [6.45, 7) is 3.67. The maximum absolute atomic E-state index is 12.3. The minimum Gasteiger partial charge on any atom is -0.462 e. The van der Waals surface area contributed by atoms with Gasteiger partial charge in [-0.1, -0.05) is 0 Å². The normalized spacial score (nSPS) is 16.5. The largest absolute Gasteiger partial charge is 0.462 e. The number of amides is 2. The van der Waals surface area contributed by atoms with Crippen LogP contribution in [-0.2, 0) is 4.74 Å². The van der Waals surface area contributed by atoms with Crippen LogP contribution in [-0.4, -0.2) is 47.7 Å². The highest BCUT2D eigenvalue weighted by Crippen LogP contribution is 2.17. The Morgan fingerprint density at radius 1 is 1.26 bits per heavy atom. The van der Waals surface area contributed by atoms with Gasteiger partial charge < -0.3 is 20.3 Å². The number of carbonyl (C=O) groups is 2. The number of carbonyl (C=O) groups excluding carboxylic acids is 2. The Bertz CT molecular complexity index is 767. The lowest BCUT2D eigenvalue weighted by molar-refractivity contribution is 0.0526.